The van der Waals surface area contributed by atoms with Crippen molar-refractivity contribution in [2.45, 2.75) is 39.0 Å². The molecule has 0 radical (unpaired) electrons. The second-order valence-corrected chi connectivity index (χ2v) is 8.36. The molecule has 2 rings (SSSR count). The molecule has 0 aliphatic rings. The second-order valence-electron chi connectivity index (χ2n) is 8.36. The molecule has 1 heterocycles. The van der Waals surface area contributed by atoms with E-state index in [1.807, 2.05) is 0 Å². The Labute approximate surface area is 208 Å². The zero-order valence-corrected chi connectivity index (χ0v) is 20.7. The summed E-state index contributed by atoms with van der Waals surface area (Å²) in [6.45, 7) is 4.18. The van der Waals surface area contributed by atoms with Crippen LogP contribution in [0, 0.1) is 5.92 Å². The Hall–Kier alpha value is -3.60. The molecule has 0 aliphatic carbocycles. The van der Waals surface area contributed by atoms with Crippen LogP contribution in [0.1, 0.15) is 26.7 Å². The van der Waals surface area contributed by atoms with E-state index in [4.69, 9.17) is 4.74 Å². The van der Waals surface area contributed by atoms with Gasteiger partial charge in [-0.2, -0.15) is 8.78 Å². The first kappa shape index (κ1) is 28.6. The maximum atomic E-state index is 15.2. The fraction of sp³-hybridized carbons (Fsp3) is 0.400. The Kier molecular flexibility index (Phi) is 10.3. The fourth-order valence-corrected chi connectivity index (χ4v) is 3.60. The second kappa shape index (κ2) is 12.9. The molecule has 0 unspecified atom stereocenters. The highest BCUT2D eigenvalue weighted by molar-refractivity contribution is 5.93. The van der Waals surface area contributed by atoms with Crippen LogP contribution in [0.15, 0.2) is 48.7 Å². The lowest BCUT2D eigenvalue weighted by atomic mass is 10.0. The summed E-state index contributed by atoms with van der Waals surface area (Å²) in [7, 11) is 3.09. The number of hydrogen-bond acceptors (Lipinski definition) is 6. The number of methoxy groups -OCH3 is 1. The third kappa shape index (κ3) is 8.26. The summed E-state index contributed by atoms with van der Waals surface area (Å²) in [5.41, 5.74) is -0.827. The highest BCUT2D eigenvalue weighted by atomic mass is 19.3. The van der Waals surface area contributed by atoms with Gasteiger partial charge in [-0.3, -0.25) is 4.79 Å². The van der Waals surface area contributed by atoms with Crippen molar-refractivity contribution in [3.05, 3.63) is 48.7 Å². The third-order valence-corrected chi connectivity index (χ3v) is 5.19. The number of hydrogen-bond donors (Lipinski definition) is 2. The summed E-state index contributed by atoms with van der Waals surface area (Å²) in [6.07, 6.45) is 1.78. The Morgan fingerprint density at radius 3 is 2.67 bits per heavy atom. The standard InChI is InChI=1S/C25H31F3N4O4/c1-16(13-25(3,28)14-17(2)35-5)32-21(18-7-6-8-20(11-18)36-24(26)27)12-22(31-32)30-23(34)19(9-10-33)15-29-4/h6-8,10-12,14,19,24,29H,1,9,13,15H2,2-5H3,(H,30,31,34)/b17-14+/t19-,25+/m0/s1. The van der Waals surface area contributed by atoms with Crippen LogP contribution in [0.3, 0.4) is 0 Å². The first-order chi connectivity index (χ1) is 17.0. The van der Waals surface area contributed by atoms with Gasteiger partial charge in [-0.15, -0.1) is 5.10 Å². The highest BCUT2D eigenvalue weighted by Gasteiger charge is 2.26. The monoisotopic (exact) mass is 508 g/mol. The van der Waals surface area contributed by atoms with Gasteiger partial charge >= 0.3 is 6.61 Å². The minimum absolute atomic E-state index is 0.00531. The van der Waals surface area contributed by atoms with Crippen LogP contribution in [0.4, 0.5) is 19.0 Å². The number of nitrogens with one attached hydrogen (secondary N) is 2. The van der Waals surface area contributed by atoms with Gasteiger partial charge in [0.15, 0.2) is 5.82 Å². The van der Waals surface area contributed by atoms with Gasteiger partial charge in [-0.1, -0.05) is 18.7 Å². The van der Waals surface area contributed by atoms with Crippen LogP contribution in [-0.4, -0.2) is 55.0 Å². The number of nitrogens with zero attached hydrogens (tertiary/aromatic N) is 2. The summed E-state index contributed by atoms with van der Waals surface area (Å²) < 4.78 is 51.6. The topological polar surface area (TPSA) is 94.5 Å². The first-order valence-corrected chi connectivity index (χ1v) is 11.1. The molecule has 0 saturated heterocycles. The Morgan fingerprint density at radius 1 is 1.33 bits per heavy atom. The highest BCUT2D eigenvalue weighted by Crippen LogP contribution is 2.32. The number of carbonyl (C=O) groups excluding carboxylic acids is 2. The van der Waals surface area contributed by atoms with Crippen molar-refractivity contribution in [3.63, 3.8) is 0 Å². The molecule has 0 spiro atoms. The van der Waals surface area contributed by atoms with Crippen LogP contribution < -0.4 is 15.4 Å². The molecule has 0 aliphatic heterocycles. The molecular weight excluding hydrogens is 477 g/mol. The maximum absolute atomic E-state index is 15.2. The predicted octanol–water partition coefficient (Wildman–Crippen LogP) is 4.65. The molecule has 1 aromatic carbocycles. The van der Waals surface area contributed by atoms with E-state index >= 15 is 4.39 Å². The number of alkyl halides is 3. The lowest BCUT2D eigenvalue weighted by Crippen LogP contribution is -2.31. The smallest absolute Gasteiger partial charge is 0.387 e. The molecular formula is C25H31F3N4O4. The average Bonchev–Trinajstić information content (AvgIpc) is 3.22. The lowest BCUT2D eigenvalue weighted by Gasteiger charge is -2.20. The molecule has 8 nitrogen and oxygen atoms in total. The molecule has 0 fully saturated rings. The largest absolute Gasteiger partial charge is 0.502 e. The van der Waals surface area contributed by atoms with E-state index in [9.17, 15) is 18.4 Å². The summed E-state index contributed by atoms with van der Waals surface area (Å²) in [5, 5.41) is 9.89. The number of anilines is 1. The van der Waals surface area contributed by atoms with E-state index in [1.165, 1.54) is 49.1 Å². The SMILES string of the molecule is C=C(C[C@@](C)(F)/C=C(\C)OC)n1nc(NC(=O)[C@@H](CC=O)CNC)cc1-c1cccc(OC(F)F)c1. The normalized spacial score (nSPS) is 14.2. The zero-order chi connectivity index (χ0) is 26.9. The summed E-state index contributed by atoms with van der Waals surface area (Å²) in [6, 6.07) is 7.39. The van der Waals surface area contributed by atoms with E-state index in [-0.39, 0.29) is 36.7 Å². The van der Waals surface area contributed by atoms with Crippen LogP contribution in [0.25, 0.3) is 17.0 Å². The lowest BCUT2D eigenvalue weighted by molar-refractivity contribution is -0.122. The molecule has 2 atom stereocenters. The number of halogens is 3. The van der Waals surface area contributed by atoms with Gasteiger partial charge in [0.1, 0.15) is 17.7 Å². The molecule has 1 amide bonds. The minimum Gasteiger partial charge on any atom is -0.502 e. The number of aromatic nitrogens is 2. The van der Waals surface area contributed by atoms with Gasteiger partial charge in [0, 0.05) is 36.7 Å². The Morgan fingerprint density at radius 2 is 2.06 bits per heavy atom. The van der Waals surface area contributed by atoms with Crippen molar-refractivity contribution in [3.8, 4) is 17.0 Å². The predicted molar refractivity (Wildman–Crippen MR) is 131 cm³/mol. The van der Waals surface area contributed by atoms with Crippen LogP contribution >= 0.6 is 0 Å². The average molecular weight is 509 g/mol. The summed E-state index contributed by atoms with van der Waals surface area (Å²) in [4.78, 5) is 23.7. The van der Waals surface area contributed by atoms with Crippen molar-refractivity contribution < 1.29 is 32.2 Å². The number of benzene rings is 1. The van der Waals surface area contributed by atoms with Gasteiger partial charge in [0.25, 0.3) is 0 Å². The van der Waals surface area contributed by atoms with Gasteiger partial charge in [0.05, 0.1) is 24.5 Å². The molecule has 2 N–H and O–H groups in total. The van der Waals surface area contributed by atoms with E-state index < -0.39 is 24.1 Å². The minimum atomic E-state index is -3.01. The number of ether oxygens (including phenoxy) is 2. The van der Waals surface area contributed by atoms with Crippen molar-refractivity contribution >= 4 is 23.7 Å². The van der Waals surface area contributed by atoms with Crippen LogP contribution in [-0.2, 0) is 14.3 Å². The molecule has 0 saturated carbocycles. The van der Waals surface area contributed by atoms with E-state index in [2.05, 4.69) is 27.0 Å². The quantitative estimate of drug-likeness (QED) is 0.285. The number of allylic oxidation sites excluding steroid dienone is 3. The van der Waals surface area contributed by atoms with Gasteiger partial charge in [-0.05, 0) is 39.1 Å². The molecule has 11 heteroatoms. The number of aldehydes is 1. The Balaban J connectivity index is 2.47. The molecule has 36 heavy (non-hydrogen) atoms. The third-order valence-electron chi connectivity index (χ3n) is 5.19. The van der Waals surface area contributed by atoms with Gasteiger partial charge in [0.2, 0.25) is 5.91 Å². The number of amides is 1. The molecule has 0 bridgehead atoms. The summed E-state index contributed by atoms with van der Waals surface area (Å²) in [5.74, 6) is -0.664. The first-order valence-electron chi connectivity index (χ1n) is 11.1. The molecule has 1 aromatic heterocycles. The van der Waals surface area contributed by atoms with Crippen molar-refractivity contribution in [2.75, 3.05) is 26.0 Å². The number of rotatable bonds is 14. The van der Waals surface area contributed by atoms with Crippen LogP contribution in [0.5, 0.6) is 5.75 Å². The molecule has 196 valence electrons. The molecule has 2 aromatic rings. The van der Waals surface area contributed by atoms with Crippen LogP contribution in [0.2, 0.25) is 0 Å². The van der Waals surface area contributed by atoms with Crippen molar-refractivity contribution in [1.82, 2.24) is 15.1 Å². The summed E-state index contributed by atoms with van der Waals surface area (Å²) >= 11 is 0. The van der Waals surface area contributed by atoms with Gasteiger partial charge in [-0.25, -0.2) is 9.07 Å². The van der Waals surface area contributed by atoms with E-state index in [0.29, 0.717) is 23.3 Å². The zero-order valence-electron chi connectivity index (χ0n) is 20.7. The maximum Gasteiger partial charge on any atom is 0.387 e. The van der Waals surface area contributed by atoms with Crippen molar-refractivity contribution in [2.24, 2.45) is 5.92 Å². The Bertz CT molecular complexity index is 1100. The number of carbonyl (C=O) groups is 2. The van der Waals surface area contributed by atoms with E-state index in [1.54, 1.807) is 20.0 Å². The van der Waals surface area contributed by atoms with Crippen molar-refractivity contribution in [1.29, 1.82) is 0 Å². The van der Waals surface area contributed by atoms with E-state index in [0.717, 1.165) is 0 Å². The van der Waals surface area contributed by atoms with Gasteiger partial charge < -0.3 is 24.9 Å². The fourth-order valence-electron chi connectivity index (χ4n) is 3.60.